The monoisotopic (exact) mass is 269 g/mol. The highest BCUT2D eigenvalue weighted by Crippen LogP contribution is 2.32. The predicted octanol–water partition coefficient (Wildman–Crippen LogP) is 3.09. The van der Waals surface area contributed by atoms with Crippen LogP contribution >= 0.6 is 0 Å². The van der Waals surface area contributed by atoms with Crippen LogP contribution in [0.5, 0.6) is 11.5 Å². The molecule has 3 rings (SSSR count). The molecule has 0 saturated carbocycles. The first-order valence-corrected chi connectivity index (χ1v) is 7.02. The van der Waals surface area contributed by atoms with Crippen LogP contribution < -0.4 is 15.2 Å². The van der Waals surface area contributed by atoms with Crippen LogP contribution in [0.4, 0.5) is 0 Å². The zero-order valence-corrected chi connectivity index (χ0v) is 11.4. The van der Waals surface area contributed by atoms with E-state index in [0.717, 1.165) is 29.9 Å². The van der Waals surface area contributed by atoms with Gasteiger partial charge in [-0.15, -0.1) is 0 Å². The van der Waals surface area contributed by atoms with Crippen LogP contribution in [-0.4, -0.2) is 13.2 Å². The SMILES string of the molecule is N[C@H](CCc1ccccc1)c1ccc2c(c1)OCCO2. The summed E-state index contributed by atoms with van der Waals surface area (Å²) in [5.41, 5.74) is 8.70. The van der Waals surface area contributed by atoms with Gasteiger partial charge in [0.1, 0.15) is 13.2 Å². The number of aryl methyl sites for hydroxylation is 1. The van der Waals surface area contributed by atoms with Crippen molar-refractivity contribution in [2.75, 3.05) is 13.2 Å². The predicted molar refractivity (Wildman–Crippen MR) is 79.1 cm³/mol. The van der Waals surface area contributed by atoms with E-state index in [-0.39, 0.29) is 6.04 Å². The number of benzene rings is 2. The highest BCUT2D eigenvalue weighted by molar-refractivity contribution is 5.44. The topological polar surface area (TPSA) is 44.5 Å². The fourth-order valence-electron chi connectivity index (χ4n) is 2.42. The van der Waals surface area contributed by atoms with Crippen molar-refractivity contribution in [3.63, 3.8) is 0 Å². The highest BCUT2D eigenvalue weighted by Gasteiger charge is 2.14. The normalized spacial score (nSPS) is 14.8. The summed E-state index contributed by atoms with van der Waals surface area (Å²) in [7, 11) is 0. The van der Waals surface area contributed by atoms with Crippen molar-refractivity contribution >= 4 is 0 Å². The molecular weight excluding hydrogens is 250 g/mol. The molecule has 1 heterocycles. The summed E-state index contributed by atoms with van der Waals surface area (Å²) >= 11 is 0. The molecule has 0 unspecified atom stereocenters. The molecule has 104 valence electrons. The molecule has 2 aromatic rings. The van der Waals surface area contributed by atoms with Crippen LogP contribution in [0.15, 0.2) is 48.5 Å². The Hall–Kier alpha value is -2.00. The summed E-state index contributed by atoms with van der Waals surface area (Å²) in [5, 5.41) is 0. The lowest BCUT2D eigenvalue weighted by atomic mass is 9.99. The van der Waals surface area contributed by atoms with Gasteiger partial charge >= 0.3 is 0 Å². The maximum atomic E-state index is 6.28. The molecule has 20 heavy (non-hydrogen) atoms. The summed E-state index contributed by atoms with van der Waals surface area (Å²) in [5.74, 6) is 1.62. The molecule has 1 aliphatic heterocycles. The van der Waals surface area contributed by atoms with Crippen molar-refractivity contribution in [2.24, 2.45) is 5.73 Å². The molecule has 0 aromatic heterocycles. The van der Waals surface area contributed by atoms with Gasteiger partial charge in [0.05, 0.1) is 0 Å². The molecule has 3 heteroatoms. The minimum Gasteiger partial charge on any atom is -0.486 e. The molecule has 1 atom stereocenters. The van der Waals surface area contributed by atoms with Crippen molar-refractivity contribution in [1.29, 1.82) is 0 Å². The average molecular weight is 269 g/mol. The zero-order chi connectivity index (χ0) is 13.8. The first-order valence-electron chi connectivity index (χ1n) is 7.02. The van der Waals surface area contributed by atoms with Gasteiger partial charge < -0.3 is 15.2 Å². The highest BCUT2D eigenvalue weighted by atomic mass is 16.6. The van der Waals surface area contributed by atoms with E-state index >= 15 is 0 Å². The van der Waals surface area contributed by atoms with Gasteiger partial charge in [-0.3, -0.25) is 0 Å². The number of rotatable bonds is 4. The maximum absolute atomic E-state index is 6.28. The molecule has 0 fully saturated rings. The van der Waals surface area contributed by atoms with Gasteiger partial charge in [0.2, 0.25) is 0 Å². The second-order valence-corrected chi connectivity index (χ2v) is 5.03. The third kappa shape index (κ3) is 2.94. The molecule has 2 aromatic carbocycles. The molecule has 0 bridgehead atoms. The number of ether oxygens (including phenoxy) is 2. The molecule has 0 saturated heterocycles. The lowest BCUT2D eigenvalue weighted by Crippen LogP contribution is -2.17. The van der Waals surface area contributed by atoms with Crippen LogP contribution in [0.1, 0.15) is 23.6 Å². The van der Waals surface area contributed by atoms with Gasteiger partial charge in [0.25, 0.3) is 0 Å². The first-order chi connectivity index (χ1) is 9.83. The van der Waals surface area contributed by atoms with Crippen LogP contribution in [0.25, 0.3) is 0 Å². The van der Waals surface area contributed by atoms with E-state index in [1.54, 1.807) is 0 Å². The Morgan fingerprint density at radius 3 is 2.50 bits per heavy atom. The van der Waals surface area contributed by atoms with Crippen LogP contribution in [0.3, 0.4) is 0 Å². The van der Waals surface area contributed by atoms with Crippen molar-refractivity contribution in [3.05, 3.63) is 59.7 Å². The maximum Gasteiger partial charge on any atom is 0.161 e. The fraction of sp³-hybridized carbons (Fsp3) is 0.294. The number of fused-ring (bicyclic) bond motifs is 1. The van der Waals surface area contributed by atoms with Gasteiger partial charge in [0.15, 0.2) is 11.5 Å². The van der Waals surface area contributed by atoms with Crippen LogP contribution in [-0.2, 0) is 6.42 Å². The summed E-state index contributed by atoms with van der Waals surface area (Å²) in [6.45, 7) is 1.22. The summed E-state index contributed by atoms with van der Waals surface area (Å²) in [4.78, 5) is 0. The summed E-state index contributed by atoms with van der Waals surface area (Å²) in [6.07, 6.45) is 1.90. The largest absolute Gasteiger partial charge is 0.486 e. The third-order valence-corrected chi connectivity index (χ3v) is 3.58. The Balaban J connectivity index is 1.66. The minimum absolute atomic E-state index is 0.0195. The lowest BCUT2D eigenvalue weighted by molar-refractivity contribution is 0.171. The number of nitrogens with two attached hydrogens (primary N) is 1. The van der Waals surface area contributed by atoms with Crippen molar-refractivity contribution in [3.8, 4) is 11.5 Å². The van der Waals surface area contributed by atoms with Crippen molar-refractivity contribution in [2.45, 2.75) is 18.9 Å². The van der Waals surface area contributed by atoms with E-state index in [1.165, 1.54) is 5.56 Å². The second-order valence-electron chi connectivity index (χ2n) is 5.03. The first kappa shape index (κ1) is 13.0. The molecule has 0 amide bonds. The fourth-order valence-corrected chi connectivity index (χ4v) is 2.42. The van der Waals surface area contributed by atoms with Crippen molar-refractivity contribution in [1.82, 2.24) is 0 Å². The molecule has 0 spiro atoms. The van der Waals surface area contributed by atoms with Gasteiger partial charge in [-0.1, -0.05) is 36.4 Å². The Bertz CT molecular complexity index is 568. The third-order valence-electron chi connectivity index (χ3n) is 3.58. The van der Waals surface area contributed by atoms with Crippen LogP contribution in [0, 0.1) is 0 Å². The second kappa shape index (κ2) is 5.97. The standard InChI is InChI=1S/C17H19NO2/c18-15(8-6-13-4-2-1-3-5-13)14-7-9-16-17(12-14)20-11-10-19-16/h1-5,7,9,12,15H,6,8,10-11,18H2/t15-/m1/s1. The van der Waals surface area contributed by atoms with Gasteiger partial charge in [-0.25, -0.2) is 0 Å². The van der Waals surface area contributed by atoms with Gasteiger partial charge in [-0.05, 0) is 36.1 Å². The van der Waals surface area contributed by atoms with E-state index in [4.69, 9.17) is 15.2 Å². The van der Waals surface area contributed by atoms with E-state index in [1.807, 2.05) is 24.3 Å². The molecule has 0 radical (unpaired) electrons. The minimum atomic E-state index is 0.0195. The van der Waals surface area contributed by atoms with Crippen LogP contribution in [0.2, 0.25) is 0 Å². The molecule has 2 N–H and O–H groups in total. The number of hydrogen-bond acceptors (Lipinski definition) is 3. The van der Waals surface area contributed by atoms with E-state index in [9.17, 15) is 0 Å². The van der Waals surface area contributed by atoms with Crippen molar-refractivity contribution < 1.29 is 9.47 Å². The smallest absolute Gasteiger partial charge is 0.161 e. The van der Waals surface area contributed by atoms with Gasteiger partial charge in [-0.2, -0.15) is 0 Å². The molecule has 1 aliphatic rings. The summed E-state index contributed by atoms with van der Waals surface area (Å²) in [6, 6.07) is 16.4. The molecular formula is C17H19NO2. The summed E-state index contributed by atoms with van der Waals surface area (Å²) < 4.78 is 11.1. The molecule has 0 aliphatic carbocycles. The average Bonchev–Trinajstić information content (AvgIpc) is 2.53. The Morgan fingerprint density at radius 1 is 0.950 bits per heavy atom. The Kier molecular flexibility index (Phi) is 3.88. The van der Waals surface area contributed by atoms with Gasteiger partial charge in [0, 0.05) is 6.04 Å². The number of hydrogen-bond donors (Lipinski definition) is 1. The zero-order valence-electron chi connectivity index (χ0n) is 11.4. The molecule has 3 nitrogen and oxygen atoms in total. The Labute approximate surface area is 119 Å². The van der Waals surface area contributed by atoms with E-state index in [0.29, 0.717) is 13.2 Å². The Morgan fingerprint density at radius 2 is 1.70 bits per heavy atom. The van der Waals surface area contributed by atoms with E-state index in [2.05, 4.69) is 24.3 Å². The van der Waals surface area contributed by atoms with E-state index < -0.39 is 0 Å². The lowest BCUT2D eigenvalue weighted by Gasteiger charge is -2.20. The quantitative estimate of drug-likeness (QED) is 0.927.